The summed E-state index contributed by atoms with van der Waals surface area (Å²) in [6.07, 6.45) is 5.73. The van der Waals surface area contributed by atoms with Crippen molar-refractivity contribution in [3.63, 3.8) is 0 Å². The number of hydrogen-bond acceptors (Lipinski definition) is 6. The number of rotatable bonds is 3. The van der Waals surface area contributed by atoms with E-state index in [9.17, 15) is 10.1 Å². The highest BCUT2D eigenvalue weighted by Gasteiger charge is 2.23. The van der Waals surface area contributed by atoms with Gasteiger partial charge in [0.25, 0.3) is 5.69 Å². The van der Waals surface area contributed by atoms with Crippen LogP contribution in [0.25, 0.3) is 10.2 Å². The van der Waals surface area contributed by atoms with Crippen molar-refractivity contribution in [3.05, 3.63) is 46.5 Å². The Morgan fingerprint density at radius 1 is 1.35 bits per heavy atom. The first-order chi connectivity index (χ1) is 11.2. The summed E-state index contributed by atoms with van der Waals surface area (Å²) in [6.45, 7) is 1.87. The fourth-order valence-corrected chi connectivity index (χ4v) is 4.07. The van der Waals surface area contributed by atoms with Crippen LogP contribution in [-0.4, -0.2) is 33.0 Å². The highest BCUT2D eigenvalue weighted by Crippen LogP contribution is 2.35. The molecule has 4 rings (SSSR count). The molecule has 1 aliphatic rings. The zero-order chi connectivity index (χ0) is 15.8. The van der Waals surface area contributed by atoms with Gasteiger partial charge in [0.05, 0.1) is 21.5 Å². The Morgan fingerprint density at radius 2 is 2.17 bits per heavy atom. The number of piperidine rings is 1. The van der Waals surface area contributed by atoms with Gasteiger partial charge in [0.1, 0.15) is 0 Å². The van der Waals surface area contributed by atoms with Gasteiger partial charge >= 0.3 is 0 Å². The van der Waals surface area contributed by atoms with Crippen molar-refractivity contribution >= 4 is 32.4 Å². The van der Waals surface area contributed by atoms with E-state index in [2.05, 4.69) is 19.9 Å². The molecule has 23 heavy (non-hydrogen) atoms. The summed E-state index contributed by atoms with van der Waals surface area (Å²) < 4.78 is 0.866. The molecule has 3 aromatic rings. The average Bonchev–Trinajstić information content (AvgIpc) is 3.23. The standard InChI is InChI=1S/C15H15N5O2S/c21-20(22)11-1-2-12-14(7-11)23-15(18-12)19-5-3-10(4-6-19)13-8-16-9-17-13/h1-2,7-10H,3-6H2,(H,16,17). The number of anilines is 1. The third kappa shape index (κ3) is 2.65. The van der Waals surface area contributed by atoms with E-state index < -0.39 is 0 Å². The van der Waals surface area contributed by atoms with E-state index >= 15 is 0 Å². The lowest BCUT2D eigenvalue weighted by molar-refractivity contribution is -0.384. The molecule has 0 saturated carbocycles. The van der Waals surface area contributed by atoms with E-state index in [-0.39, 0.29) is 10.6 Å². The maximum absolute atomic E-state index is 10.9. The summed E-state index contributed by atoms with van der Waals surface area (Å²) in [5, 5.41) is 11.8. The zero-order valence-electron chi connectivity index (χ0n) is 12.3. The molecule has 1 N–H and O–H groups in total. The number of imidazole rings is 1. The molecule has 0 radical (unpaired) electrons. The van der Waals surface area contributed by atoms with Gasteiger partial charge in [-0.1, -0.05) is 11.3 Å². The van der Waals surface area contributed by atoms with Gasteiger partial charge in [-0.25, -0.2) is 9.97 Å². The summed E-state index contributed by atoms with van der Waals surface area (Å²) in [5.74, 6) is 0.518. The highest BCUT2D eigenvalue weighted by molar-refractivity contribution is 7.22. The molecule has 1 saturated heterocycles. The van der Waals surface area contributed by atoms with Crippen LogP contribution in [0, 0.1) is 10.1 Å². The molecule has 7 nitrogen and oxygen atoms in total. The molecular formula is C15H15N5O2S. The molecule has 0 aliphatic carbocycles. The van der Waals surface area contributed by atoms with E-state index in [0.717, 1.165) is 41.3 Å². The van der Waals surface area contributed by atoms with Crippen LogP contribution in [0.1, 0.15) is 24.5 Å². The Bertz CT molecular complexity index is 837. The first-order valence-corrected chi connectivity index (χ1v) is 8.30. The SMILES string of the molecule is O=[N+]([O-])c1ccc2nc(N3CCC(c4cnc[nH]4)CC3)sc2c1. The van der Waals surface area contributed by atoms with Crippen LogP contribution in [0.4, 0.5) is 10.8 Å². The molecule has 1 aliphatic heterocycles. The van der Waals surface area contributed by atoms with E-state index in [4.69, 9.17) is 0 Å². The van der Waals surface area contributed by atoms with Gasteiger partial charge in [-0.05, 0) is 18.9 Å². The molecule has 2 aromatic heterocycles. The van der Waals surface area contributed by atoms with Crippen molar-refractivity contribution in [1.29, 1.82) is 0 Å². The minimum Gasteiger partial charge on any atom is -0.348 e. The topological polar surface area (TPSA) is 87.9 Å². The number of hydrogen-bond donors (Lipinski definition) is 1. The van der Waals surface area contributed by atoms with Crippen molar-refractivity contribution < 1.29 is 4.92 Å². The lowest BCUT2D eigenvalue weighted by atomic mass is 9.94. The summed E-state index contributed by atoms with van der Waals surface area (Å²) in [7, 11) is 0. The Balaban J connectivity index is 1.52. The number of aromatic nitrogens is 3. The number of H-pyrrole nitrogens is 1. The Kier molecular flexibility index (Phi) is 3.45. The van der Waals surface area contributed by atoms with Gasteiger partial charge in [-0.3, -0.25) is 10.1 Å². The minimum atomic E-state index is -0.366. The second kappa shape index (κ2) is 5.62. The molecule has 0 bridgehead atoms. The Labute approximate surface area is 136 Å². The second-order valence-corrected chi connectivity index (χ2v) is 6.68. The third-order valence-electron chi connectivity index (χ3n) is 4.30. The fourth-order valence-electron chi connectivity index (χ4n) is 3.02. The molecule has 1 aromatic carbocycles. The van der Waals surface area contributed by atoms with E-state index in [0.29, 0.717) is 5.92 Å². The van der Waals surface area contributed by atoms with Crippen LogP contribution >= 0.6 is 11.3 Å². The first kappa shape index (κ1) is 14.1. The molecule has 0 amide bonds. The average molecular weight is 329 g/mol. The lowest BCUT2D eigenvalue weighted by Gasteiger charge is -2.31. The van der Waals surface area contributed by atoms with Crippen molar-refractivity contribution in [1.82, 2.24) is 15.0 Å². The number of aromatic amines is 1. The quantitative estimate of drug-likeness (QED) is 0.588. The van der Waals surface area contributed by atoms with Crippen molar-refractivity contribution in [2.45, 2.75) is 18.8 Å². The number of nitro groups is 1. The summed E-state index contributed by atoms with van der Waals surface area (Å²) in [6, 6.07) is 4.84. The van der Waals surface area contributed by atoms with Gasteiger partial charge in [0.2, 0.25) is 0 Å². The van der Waals surface area contributed by atoms with Crippen LogP contribution in [0.15, 0.2) is 30.7 Å². The molecular weight excluding hydrogens is 314 g/mol. The lowest BCUT2D eigenvalue weighted by Crippen LogP contribution is -2.32. The van der Waals surface area contributed by atoms with Gasteiger partial charge in [-0.2, -0.15) is 0 Å². The van der Waals surface area contributed by atoms with Crippen molar-refractivity contribution in [2.24, 2.45) is 0 Å². The number of non-ortho nitro benzene ring substituents is 1. The van der Waals surface area contributed by atoms with Crippen molar-refractivity contribution in [2.75, 3.05) is 18.0 Å². The number of nitrogens with zero attached hydrogens (tertiary/aromatic N) is 4. The molecule has 8 heteroatoms. The third-order valence-corrected chi connectivity index (χ3v) is 5.38. The molecule has 0 atom stereocenters. The monoisotopic (exact) mass is 329 g/mol. The zero-order valence-corrected chi connectivity index (χ0v) is 13.1. The van der Waals surface area contributed by atoms with E-state index in [1.54, 1.807) is 18.5 Å². The Hall–Kier alpha value is -2.48. The highest BCUT2D eigenvalue weighted by atomic mass is 32.1. The number of fused-ring (bicyclic) bond motifs is 1. The van der Waals surface area contributed by atoms with Crippen LogP contribution in [0.5, 0.6) is 0 Å². The van der Waals surface area contributed by atoms with Gasteiger partial charge in [-0.15, -0.1) is 0 Å². The second-order valence-electron chi connectivity index (χ2n) is 5.67. The fraction of sp³-hybridized carbons (Fsp3) is 0.333. The van der Waals surface area contributed by atoms with Crippen LogP contribution in [0.3, 0.4) is 0 Å². The molecule has 1 fully saturated rings. The van der Waals surface area contributed by atoms with E-state index in [1.165, 1.54) is 23.1 Å². The maximum atomic E-state index is 10.9. The Morgan fingerprint density at radius 3 is 2.87 bits per heavy atom. The number of benzene rings is 1. The van der Waals surface area contributed by atoms with Crippen LogP contribution in [0.2, 0.25) is 0 Å². The number of nitrogens with one attached hydrogen (secondary N) is 1. The summed E-state index contributed by atoms with van der Waals surface area (Å²) >= 11 is 1.52. The molecule has 118 valence electrons. The maximum Gasteiger partial charge on any atom is 0.270 e. The molecule has 0 spiro atoms. The molecule has 0 unspecified atom stereocenters. The van der Waals surface area contributed by atoms with Gasteiger partial charge in [0, 0.05) is 43.0 Å². The largest absolute Gasteiger partial charge is 0.348 e. The van der Waals surface area contributed by atoms with Crippen LogP contribution < -0.4 is 4.90 Å². The normalized spacial score (nSPS) is 16.1. The van der Waals surface area contributed by atoms with Crippen molar-refractivity contribution in [3.8, 4) is 0 Å². The summed E-state index contributed by atoms with van der Waals surface area (Å²) in [5.41, 5.74) is 2.14. The van der Waals surface area contributed by atoms with E-state index in [1.807, 2.05) is 6.20 Å². The number of thiazole rings is 1. The summed E-state index contributed by atoms with van der Waals surface area (Å²) in [4.78, 5) is 24.7. The minimum absolute atomic E-state index is 0.116. The first-order valence-electron chi connectivity index (χ1n) is 7.49. The smallest absolute Gasteiger partial charge is 0.270 e. The molecule has 3 heterocycles. The van der Waals surface area contributed by atoms with Gasteiger partial charge < -0.3 is 9.88 Å². The van der Waals surface area contributed by atoms with Gasteiger partial charge in [0.15, 0.2) is 5.13 Å². The van der Waals surface area contributed by atoms with Crippen LogP contribution in [-0.2, 0) is 0 Å². The number of nitro benzene ring substituents is 1. The predicted octanol–water partition coefficient (Wildman–Crippen LogP) is 3.31. The predicted molar refractivity (Wildman–Crippen MR) is 89.1 cm³/mol.